The predicted molar refractivity (Wildman–Crippen MR) is 73.1 cm³/mol. The van der Waals surface area contributed by atoms with Gasteiger partial charge in [-0.05, 0) is 18.5 Å². The molecule has 1 heterocycles. The summed E-state index contributed by atoms with van der Waals surface area (Å²) in [7, 11) is 1.43. The number of rotatable bonds is 4. The minimum absolute atomic E-state index is 0.246. The van der Waals surface area contributed by atoms with Crippen molar-refractivity contribution in [1.82, 2.24) is 5.32 Å². The van der Waals surface area contributed by atoms with Gasteiger partial charge >= 0.3 is 5.97 Å². The Kier molecular flexibility index (Phi) is 4.10. The summed E-state index contributed by atoms with van der Waals surface area (Å²) in [4.78, 5) is 12.3. The van der Waals surface area contributed by atoms with E-state index in [1.165, 1.54) is 7.11 Å². The summed E-state index contributed by atoms with van der Waals surface area (Å²) in [5, 5.41) is 3.39. The molecular weight excluding hydrogens is 242 g/mol. The Bertz CT molecular complexity index is 458. The Morgan fingerprint density at radius 3 is 2.89 bits per heavy atom. The van der Waals surface area contributed by atoms with Crippen LogP contribution in [0.15, 0.2) is 24.3 Å². The zero-order valence-electron chi connectivity index (χ0n) is 11.7. The van der Waals surface area contributed by atoms with Crippen LogP contribution >= 0.6 is 0 Å². The maximum absolute atomic E-state index is 12.3. The fraction of sp³-hybridized carbons (Fsp3) is 0.533. The number of ether oxygens (including phenoxy) is 2. The molecule has 0 saturated carbocycles. The van der Waals surface area contributed by atoms with Crippen molar-refractivity contribution in [3.63, 3.8) is 0 Å². The Morgan fingerprint density at radius 1 is 1.47 bits per heavy atom. The van der Waals surface area contributed by atoms with E-state index in [-0.39, 0.29) is 5.97 Å². The van der Waals surface area contributed by atoms with E-state index in [9.17, 15) is 4.79 Å². The Hall–Kier alpha value is -1.55. The van der Waals surface area contributed by atoms with Crippen LogP contribution in [0.3, 0.4) is 0 Å². The first-order valence-corrected chi connectivity index (χ1v) is 6.66. The van der Waals surface area contributed by atoms with Gasteiger partial charge in [0, 0.05) is 12.0 Å². The molecule has 1 aliphatic heterocycles. The monoisotopic (exact) mass is 263 g/mol. The molecule has 0 saturated heterocycles. The van der Waals surface area contributed by atoms with Crippen LogP contribution in [0.5, 0.6) is 5.75 Å². The predicted octanol–water partition coefficient (Wildman–Crippen LogP) is 2.08. The van der Waals surface area contributed by atoms with E-state index in [1.54, 1.807) is 0 Å². The lowest BCUT2D eigenvalue weighted by Gasteiger charge is -2.37. The van der Waals surface area contributed by atoms with Crippen LogP contribution in [-0.2, 0) is 15.1 Å². The molecule has 1 N–H and O–H groups in total. The molecule has 0 spiro atoms. The average molecular weight is 263 g/mol. The third-order valence-corrected chi connectivity index (χ3v) is 3.43. The number of methoxy groups -OCH3 is 1. The average Bonchev–Trinajstić information content (AvgIpc) is 2.44. The molecule has 2 rings (SSSR count). The normalized spacial score (nSPS) is 21.7. The second-order valence-electron chi connectivity index (χ2n) is 5.27. The quantitative estimate of drug-likeness (QED) is 0.845. The summed E-state index contributed by atoms with van der Waals surface area (Å²) in [6.45, 7) is 5.49. The number of hydrogen-bond donors (Lipinski definition) is 1. The first-order chi connectivity index (χ1) is 9.10. The molecule has 0 amide bonds. The van der Waals surface area contributed by atoms with Crippen LogP contribution in [0.25, 0.3) is 0 Å². The van der Waals surface area contributed by atoms with E-state index in [0.717, 1.165) is 17.9 Å². The van der Waals surface area contributed by atoms with Crippen LogP contribution in [0.4, 0.5) is 0 Å². The van der Waals surface area contributed by atoms with Crippen molar-refractivity contribution >= 4 is 5.97 Å². The minimum Gasteiger partial charge on any atom is -0.493 e. The summed E-state index contributed by atoms with van der Waals surface area (Å²) < 4.78 is 10.7. The van der Waals surface area contributed by atoms with Crippen LogP contribution < -0.4 is 10.1 Å². The minimum atomic E-state index is -0.784. The van der Waals surface area contributed by atoms with E-state index < -0.39 is 5.54 Å². The molecule has 4 nitrogen and oxygen atoms in total. The molecule has 1 aliphatic rings. The fourth-order valence-electron chi connectivity index (χ4n) is 2.41. The number of nitrogens with one attached hydrogen (secondary N) is 1. The van der Waals surface area contributed by atoms with Gasteiger partial charge in [0.25, 0.3) is 0 Å². The lowest BCUT2D eigenvalue weighted by Crippen LogP contribution is -2.53. The summed E-state index contributed by atoms with van der Waals surface area (Å²) in [5.41, 5.74) is 0.0853. The van der Waals surface area contributed by atoms with Gasteiger partial charge in [-0.2, -0.15) is 0 Å². The molecular formula is C15H21NO3. The highest BCUT2D eigenvalue weighted by Crippen LogP contribution is 2.37. The molecule has 1 atom stereocenters. The molecule has 0 bridgehead atoms. The van der Waals surface area contributed by atoms with E-state index in [2.05, 4.69) is 19.2 Å². The molecule has 0 radical (unpaired) electrons. The Balaban J connectivity index is 2.41. The molecule has 0 fully saturated rings. The maximum atomic E-state index is 12.3. The first-order valence-electron chi connectivity index (χ1n) is 6.66. The highest BCUT2D eigenvalue weighted by Gasteiger charge is 2.45. The van der Waals surface area contributed by atoms with Gasteiger partial charge in [0.2, 0.25) is 0 Å². The molecule has 4 heteroatoms. The summed E-state index contributed by atoms with van der Waals surface area (Å²) in [6.07, 6.45) is 0.587. The largest absolute Gasteiger partial charge is 0.493 e. The molecule has 0 aliphatic carbocycles. The summed E-state index contributed by atoms with van der Waals surface area (Å²) in [6, 6.07) is 7.65. The van der Waals surface area contributed by atoms with Gasteiger partial charge in [0.15, 0.2) is 0 Å². The van der Waals surface area contributed by atoms with Crippen molar-refractivity contribution in [2.75, 3.05) is 20.3 Å². The van der Waals surface area contributed by atoms with Gasteiger partial charge in [-0.25, -0.2) is 4.79 Å². The lowest BCUT2D eigenvalue weighted by molar-refractivity contribution is -0.150. The summed E-state index contributed by atoms with van der Waals surface area (Å²) >= 11 is 0. The number of para-hydroxylation sites is 1. The van der Waals surface area contributed by atoms with Crippen molar-refractivity contribution < 1.29 is 14.3 Å². The number of esters is 1. The second kappa shape index (κ2) is 5.61. The van der Waals surface area contributed by atoms with Gasteiger partial charge in [-0.1, -0.05) is 32.0 Å². The smallest absolute Gasteiger partial charge is 0.331 e. The second-order valence-corrected chi connectivity index (χ2v) is 5.27. The van der Waals surface area contributed by atoms with Gasteiger partial charge in [0.1, 0.15) is 11.3 Å². The standard InChI is InChI=1S/C15H21NO3/c1-11(2)10-16-15(14(17)18-3)8-9-19-13-7-5-4-6-12(13)15/h4-7,11,16H,8-10H2,1-3H3. The van der Waals surface area contributed by atoms with Crippen molar-refractivity contribution in [1.29, 1.82) is 0 Å². The third kappa shape index (κ3) is 2.59. The first kappa shape index (κ1) is 13.9. The van der Waals surface area contributed by atoms with Crippen molar-refractivity contribution in [3.05, 3.63) is 29.8 Å². The number of hydrogen-bond acceptors (Lipinski definition) is 4. The van der Waals surface area contributed by atoms with Crippen molar-refractivity contribution in [2.24, 2.45) is 5.92 Å². The van der Waals surface area contributed by atoms with Gasteiger partial charge < -0.3 is 9.47 Å². The highest BCUT2D eigenvalue weighted by atomic mass is 16.5. The van der Waals surface area contributed by atoms with E-state index in [0.29, 0.717) is 18.9 Å². The number of carbonyl (C=O) groups excluding carboxylic acids is 1. The molecule has 104 valence electrons. The van der Waals surface area contributed by atoms with Crippen molar-refractivity contribution in [2.45, 2.75) is 25.8 Å². The molecule has 1 aromatic carbocycles. The highest BCUT2D eigenvalue weighted by molar-refractivity contribution is 5.84. The third-order valence-electron chi connectivity index (χ3n) is 3.43. The van der Waals surface area contributed by atoms with Crippen LogP contribution in [0.2, 0.25) is 0 Å². The van der Waals surface area contributed by atoms with Gasteiger partial charge in [-0.3, -0.25) is 5.32 Å². The number of benzene rings is 1. The Labute approximate surface area is 114 Å². The number of fused-ring (bicyclic) bond motifs is 1. The maximum Gasteiger partial charge on any atom is 0.331 e. The van der Waals surface area contributed by atoms with Gasteiger partial charge in [-0.15, -0.1) is 0 Å². The van der Waals surface area contributed by atoms with Crippen molar-refractivity contribution in [3.8, 4) is 5.75 Å². The van der Waals surface area contributed by atoms with Crippen LogP contribution in [0, 0.1) is 5.92 Å². The lowest BCUT2D eigenvalue weighted by atomic mass is 9.84. The molecule has 1 aromatic rings. The zero-order chi connectivity index (χ0) is 13.9. The number of carbonyl (C=O) groups is 1. The van der Waals surface area contributed by atoms with Crippen LogP contribution in [0.1, 0.15) is 25.8 Å². The van der Waals surface area contributed by atoms with E-state index in [1.807, 2.05) is 24.3 Å². The fourth-order valence-corrected chi connectivity index (χ4v) is 2.41. The molecule has 1 unspecified atom stereocenters. The van der Waals surface area contributed by atoms with Gasteiger partial charge in [0.05, 0.1) is 13.7 Å². The molecule has 0 aromatic heterocycles. The van der Waals surface area contributed by atoms with Crippen LogP contribution in [-0.4, -0.2) is 26.2 Å². The zero-order valence-corrected chi connectivity index (χ0v) is 11.7. The van der Waals surface area contributed by atoms with E-state index in [4.69, 9.17) is 9.47 Å². The topological polar surface area (TPSA) is 47.6 Å². The van der Waals surface area contributed by atoms with E-state index >= 15 is 0 Å². The molecule has 19 heavy (non-hydrogen) atoms. The summed E-state index contributed by atoms with van der Waals surface area (Å²) in [5.74, 6) is 0.968. The Morgan fingerprint density at radius 2 is 2.21 bits per heavy atom. The SMILES string of the molecule is COC(=O)C1(NCC(C)C)CCOc2ccccc21.